The summed E-state index contributed by atoms with van der Waals surface area (Å²) in [5.41, 5.74) is 6.87. The monoisotopic (exact) mass is 243 g/mol. The van der Waals surface area contributed by atoms with Gasteiger partial charge in [0.25, 0.3) is 0 Å². The molecule has 1 aliphatic rings. The number of hydrogen-bond donors (Lipinski definition) is 1. The van der Waals surface area contributed by atoms with Gasteiger partial charge in [-0.25, -0.2) is 0 Å². The fourth-order valence-corrected chi connectivity index (χ4v) is 1.66. The molecule has 0 fully saturated rings. The van der Waals surface area contributed by atoms with Crippen molar-refractivity contribution in [2.75, 3.05) is 6.61 Å². The molecule has 0 saturated heterocycles. The number of hydrogen-bond acceptors (Lipinski definition) is 3. The Morgan fingerprint density at radius 2 is 2.38 bits per heavy atom. The molecule has 0 aliphatic carbocycles. The second-order valence-corrected chi connectivity index (χ2v) is 3.69. The van der Waals surface area contributed by atoms with Crippen molar-refractivity contribution < 1.29 is 9.15 Å². The Labute approximate surface area is 84.7 Å². The predicted molar refractivity (Wildman–Crippen MR) is 52.0 cm³/mol. The van der Waals surface area contributed by atoms with Crippen molar-refractivity contribution in [2.45, 2.75) is 12.5 Å². The molecule has 1 aromatic heterocycles. The maximum atomic E-state index is 5.94. The third-order valence-corrected chi connectivity index (χ3v) is 2.40. The zero-order valence-corrected chi connectivity index (χ0v) is 8.58. The zero-order valence-electron chi connectivity index (χ0n) is 7.00. The predicted octanol–water partition coefficient (Wildman–Crippen LogP) is 2.35. The molecule has 0 saturated carbocycles. The molecule has 0 bridgehead atoms. The summed E-state index contributed by atoms with van der Waals surface area (Å²) < 4.78 is 11.1. The van der Waals surface area contributed by atoms with E-state index in [0.29, 0.717) is 4.67 Å². The van der Waals surface area contributed by atoms with E-state index in [1.807, 2.05) is 12.1 Å². The highest BCUT2D eigenvalue weighted by Gasteiger charge is 2.18. The average molecular weight is 244 g/mol. The van der Waals surface area contributed by atoms with E-state index in [1.54, 1.807) is 6.26 Å². The van der Waals surface area contributed by atoms with Crippen LogP contribution >= 0.6 is 15.9 Å². The van der Waals surface area contributed by atoms with Gasteiger partial charge >= 0.3 is 0 Å². The number of furan rings is 1. The summed E-state index contributed by atoms with van der Waals surface area (Å²) in [7, 11) is 0. The number of halogens is 1. The Morgan fingerprint density at radius 3 is 2.92 bits per heavy atom. The van der Waals surface area contributed by atoms with Crippen LogP contribution in [0.2, 0.25) is 0 Å². The van der Waals surface area contributed by atoms with Crippen LogP contribution in [0.1, 0.15) is 18.0 Å². The third-order valence-electron chi connectivity index (χ3n) is 1.99. The lowest BCUT2D eigenvalue weighted by Crippen LogP contribution is -2.12. The zero-order chi connectivity index (χ0) is 9.26. The smallest absolute Gasteiger partial charge is 0.169 e. The number of ether oxygens (including phenoxy) is 1. The third kappa shape index (κ3) is 1.78. The standard InChI is InChI=1S/C9H10BrNO2/c10-8-4-6(5-13-8)9(11)7-2-1-3-12-7/h2,4-5,9H,1,3,11H2. The van der Waals surface area contributed by atoms with Crippen molar-refractivity contribution in [1.82, 2.24) is 0 Å². The maximum Gasteiger partial charge on any atom is 0.169 e. The Morgan fingerprint density at radius 1 is 1.54 bits per heavy atom. The minimum atomic E-state index is -0.197. The highest BCUT2D eigenvalue weighted by Crippen LogP contribution is 2.27. The van der Waals surface area contributed by atoms with E-state index in [2.05, 4.69) is 15.9 Å². The van der Waals surface area contributed by atoms with E-state index in [9.17, 15) is 0 Å². The molecule has 2 rings (SSSR count). The first-order chi connectivity index (χ1) is 6.27. The highest BCUT2D eigenvalue weighted by atomic mass is 79.9. The largest absolute Gasteiger partial charge is 0.496 e. The molecule has 70 valence electrons. The van der Waals surface area contributed by atoms with Crippen molar-refractivity contribution in [3.8, 4) is 0 Å². The van der Waals surface area contributed by atoms with E-state index < -0.39 is 0 Å². The first-order valence-corrected chi connectivity index (χ1v) is 4.89. The highest BCUT2D eigenvalue weighted by molar-refractivity contribution is 9.10. The van der Waals surface area contributed by atoms with Crippen LogP contribution in [-0.2, 0) is 4.74 Å². The SMILES string of the molecule is NC(C1=CCCO1)c1coc(Br)c1. The minimum absolute atomic E-state index is 0.197. The Hall–Kier alpha value is -0.740. The topological polar surface area (TPSA) is 48.4 Å². The van der Waals surface area contributed by atoms with E-state index in [-0.39, 0.29) is 6.04 Å². The van der Waals surface area contributed by atoms with Crippen LogP contribution in [0.3, 0.4) is 0 Å². The molecular formula is C9H10BrNO2. The first-order valence-electron chi connectivity index (χ1n) is 4.10. The lowest BCUT2D eigenvalue weighted by molar-refractivity contribution is 0.225. The van der Waals surface area contributed by atoms with Crippen molar-refractivity contribution in [2.24, 2.45) is 5.73 Å². The average Bonchev–Trinajstić information content (AvgIpc) is 2.72. The molecule has 1 atom stereocenters. The van der Waals surface area contributed by atoms with Gasteiger partial charge in [0.05, 0.1) is 18.9 Å². The summed E-state index contributed by atoms with van der Waals surface area (Å²) in [6.07, 6.45) is 4.60. The molecular weight excluding hydrogens is 234 g/mol. The quantitative estimate of drug-likeness (QED) is 0.868. The van der Waals surface area contributed by atoms with Crippen molar-refractivity contribution in [3.63, 3.8) is 0 Å². The Bertz CT molecular complexity index is 332. The molecule has 1 aliphatic heterocycles. The molecule has 1 aromatic rings. The van der Waals surface area contributed by atoms with Gasteiger partial charge in [-0.1, -0.05) is 0 Å². The lowest BCUT2D eigenvalue weighted by atomic mass is 10.1. The molecule has 2 heterocycles. The molecule has 4 heteroatoms. The summed E-state index contributed by atoms with van der Waals surface area (Å²) >= 11 is 3.23. The molecule has 13 heavy (non-hydrogen) atoms. The molecule has 0 spiro atoms. The van der Waals surface area contributed by atoms with E-state index >= 15 is 0 Å². The fourth-order valence-electron chi connectivity index (χ4n) is 1.30. The van der Waals surface area contributed by atoms with Crippen LogP contribution in [0, 0.1) is 0 Å². The summed E-state index contributed by atoms with van der Waals surface area (Å²) in [6, 6.07) is 1.66. The Kier molecular flexibility index (Phi) is 2.42. The maximum absolute atomic E-state index is 5.94. The van der Waals surface area contributed by atoms with Gasteiger partial charge in [0.15, 0.2) is 4.67 Å². The van der Waals surface area contributed by atoms with Gasteiger partial charge < -0.3 is 14.9 Å². The van der Waals surface area contributed by atoms with Gasteiger partial charge in [0.2, 0.25) is 0 Å². The number of rotatable bonds is 2. The molecule has 2 N–H and O–H groups in total. The van der Waals surface area contributed by atoms with Crippen LogP contribution in [0.15, 0.2) is 33.3 Å². The van der Waals surface area contributed by atoms with Gasteiger partial charge in [0, 0.05) is 12.0 Å². The minimum Gasteiger partial charge on any atom is -0.496 e. The van der Waals surface area contributed by atoms with E-state index in [0.717, 1.165) is 24.4 Å². The second kappa shape index (κ2) is 3.55. The first kappa shape index (κ1) is 8.84. The molecule has 1 unspecified atom stereocenters. The molecule has 0 radical (unpaired) electrons. The van der Waals surface area contributed by atoms with Gasteiger partial charge in [-0.05, 0) is 28.1 Å². The second-order valence-electron chi connectivity index (χ2n) is 2.91. The lowest BCUT2D eigenvalue weighted by Gasteiger charge is -2.10. The van der Waals surface area contributed by atoms with E-state index in [1.165, 1.54) is 0 Å². The van der Waals surface area contributed by atoms with Crippen molar-refractivity contribution in [1.29, 1.82) is 0 Å². The summed E-state index contributed by atoms with van der Waals surface area (Å²) in [4.78, 5) is 0. The van der Waals surface area contributed by atoms with Crippen LogP contribution < -0.4 is 5.73 Å². The van der Waals surface area contributed by atoms with Gasteiger partial charge in [0.1, 0.15) is 5.76 Å². The van der Waals surface area contributed by atoms with Gasteiger partial charge in [-0.3, -0.25) is 0 Å². The van der Waals surface area contributed by atoms with Gasteiger partial charge in [-0.15, -0.1) is 0 Å². The Balaban J connectivity index is 2.16. The molecule has 0 amide bonds. The number of nitrogens with two attached hydrogens (primary N) is 1. The van der Waals surface area contributed by atoms with Crippen LogP contribution in [-0.4, -0.2) is 6.61 Å². The van der Waals surface area contributed by atoms with Crippen LogP contribution in [0.25, 0.3) is 0 Å². The van der Waals surface area contributed by atoms with Gasteiger partial charge in [-0.2, -0.15) is 0 Å². The van der Waals surface area contributed by atoms with Crippen molar-refractivity contribution >= 4 is 15.9 Å². The summed E-state index contributed by atoms with van der Waals surface area (Å²) in [5, 5.41) is 0. The van der Waals surface area contributed by atoms with Crippen molar-refractivity contribution in [3.05, 3.63) is 34.4 Å². The van der Waals surface area contributed by atoms with Crippen LogP contribution in [0.4, 0.5) is 0 Å². The fraction of sp³-hybridized carbons (Fsp3) is 0.333. The van der Waals surface area contributed by atoms with E-state index in [4.69, 9.17) is 14.9 Å². The molecule has 0 aromatic carbocycles. The summed E-state index contributed by atoms with van der Waals surface area (Å²) in [5.74, 6) is 0.841. The molecule has 3 nitrogen and oxygen atoms in total. The van der Waals surface area contributed by atoms with Crippen LogP contribution in [0.5, 0.6) is 0 Å². The summed E-state index contributed by atoms with van der Waals surface area (Å²) in [6.45, 7) is 0.738. The normalized spacial score (nSPS) is 18.2.